The number of aliphatic imine (C=N–C) groups is 1. The summed E-state index contributed by atoms with van der Waals surface area (Å²) in [6, 6.07) is 3.52. The predicted molar refractivity (Wildman–Crippen MR) is 61.5 cm³/mol. The molecule has 0 saturated heterocycles. The predicted octanol–water partition coefficient (Wildman–Crippen LogP) is 2.18. The van der Waals surface area contributed by atoms with Gasteiger partial charge < -0.3 is 4.74 Å². The number of halogens is 2. The summed E-state index contributed by atoms with van der Waals surface area (Å²) >= 11 is 0. The van der Waals surface area contributed by atoms with Crippen LogP contribution in [0.15, 0.2) is 23.2 Å². The molecule has 6 heteroatoms. The topological polar surface area (TPSA) is 41.9 Å². The first-order valence-corrected chi connectivity index (χ1v) is 5.58. The number of ether oxygens (including phenoxy) is 1. The van der Waals surface area contributed by atoms with Gasteiger partial charge in [0.25, 0.3) is 0 Å². The molecule has 1 aromatic carbocycles. The van der Waals surface area contributed by atoms with E-state index in [0.29, 0.717) is 6.54 Å². The second kappa shape index (κ2) is 5.12. The zero-order valence-electron chi connectivity index (χ0n) is 9.82. The molecule has 0 aliphatic carbocycles. The Bertz CT molecular complexity index is 483. The van der Waals surface area contributed by atoms with E-state index < -0.39 is 17.7 Å². The van der Waals surface area contributed by atoms with Crippen LogP contribution in [-0.2, 0) is 4.74 Å². The summed E-state index contributed by atoms with van der Waals surface area (Å²) in [5.41, 5.74) is -0.289. The Hall–Kier alpha value is -1.98. The van der Waals surface area contributed by atoms with Gasteiger partial charge in [-0.1, -0.05) is 6.07 Å². The molecule has 1 aliphatic rings. The van der Waals surface area contributed by atoms with Crippen LogP contribution < -0.4 is 0 Å². The van der Waals surface area contributed by atoms with Gasteiger partial charge in [0.2, 0.25) is 0 Å². The zero-order chi connectivity index (χ0) is 13.1. The zero-order valence-corrected chi connectivity index (χ0v) is 9.82. The van der Waals surface area contributed by atoms with Gasteiger partial charge in [0.05, 0.1) is 25.3 Å². The number of carbonyl (C=O) groups is 1. The van der Waals surface area contributed by atoms with Gasteiger partial charge in [0.1, 0.15) is 17.5 Å². The fraction of sp³-hybridized carbons (Fsp3) is 0.333. The number of amidine groups is 1. The van der Waals surface area contributed by atoms with Gasteiger partial charge in [-0.15, -0.1) is 0 Å². The number of benzene rings is 1. The minimum absolute atomic E-state index is 0.0101. The molecule has 1 aromatic rings. The third-order valence-electron chi connectivity index (χ3n) is 2.52. The molecule has 0 N–H and O–H groups in total. The maximum Gasteiger partial charge on any atom is 0.415 e. The van der Waals surface area contributed by atoms with Crippen LogP contribution in [0, 0.1) is 11.6 Å². The van der Waals surface area contributed by atoms with Crippen LogP contribution in [0.3, 0.4) is 0 Å². The number of nitrogens with zero attached hydrogens (tertiary/aromatic N) is 2. The molecule has 0 spiro atoms. The smallest absolute Gasteiger partial charge is 0.415 e. The third-order valence-corrected chi connectivity index (χ3v) is 2.52. The van der Waals surface area contributed by atoms with Crippen molar-refractivity contribution in [3.63, 3.8) is 0 Å². The van der Waals surface area contributed by atoms with Gasteiger partial charge in [-0.3, -0.25) is 9.89 Å². The molecule has 1 heterocycles. The van der Waals surface area contributed by atoms with Crippen LogP contribution in [0.5, 0.6) is 0 Å². The van der Waals surface area contributed by atoms with Crippen LogP contribution in [0.25, 0.3) is 0 Å². The largest absolute Gasteiger partial charge is 0.449 e. The molecule has 18 heavy (non-hydrogen) atoms. The van der Waals surface area contributed by atoms with Crippen LogP contribution >= 0.6 is 0 Å². The van der Waals surface area contributed by atoms with Gasteiger partial charge in [-0.25, -0.2) is 13.6 Å². The number of rotatable bonds is 2. The molecule has 0 radical (unpaired) electrons. The summed E-state index contributed by atoms with van der Waals surface area (Å²) in [7, 11) is 0. The monoisotopic (exact) mass is 254 g/mol. The molecule has 1 amide bonds. The highest BCUT2D eigenvalue weighted by atomic mass is 19.1. The third kappa shape index (κ3) is 2.18. The van der Waals surface area contributed by atoms with E-state index in [1.807, 2.05) is 0 Å². The molecule has 0 atom stereocenters. The summed E-state index contributed by atoms with van der Waals surface area (Å²) in [6.07, 6.45) is -0.642. The highest BCUT2D eigenvalue weighted by Gasteiger charge is 2.29. The van der Waals surface area contributed by atoms with E-state index in [9.17, 15) is 13.6 Å². The number of hydrogen-bond acceptors (Lipinski definition) is 3. The minimum atomic E-state index is -0.745. The lowest BCUT2D eigenvalue weighted by molar-refractivity contribution is 0.130. The molecule has 1 aliphatic heterocycles. The maximum absolute atomic E-state index is 13.6. The van der Waals surface area contributed by atoms with Crippen molar-refractivity contribution < 1.29 is 18.3 Å². The van der Waals surface area contributed by atoms with E-state index in [1.165, 1.54) is 6.07 Å². The van der Waals surface area contributed by atoms with Crippen molar-refractivity contribution >= 4 is 11.9 Å². The van der Waals surface area contributed by atoms with Gasteiger partial charge in [0, 0.05) is 0 Å². The lowest BCUT2D eigenvalue weighted by atomic mass is 10.1. The first-order valence-electron chi connectivity index (χ1n) is 5.58. The molecular weight excluding hydrogens is 242 g/mol. The fourth-order valence-electron chi connectivity index (χ4n) is 1.75. The lowest BCUT2D eigenvalue weighted by Crippen LogP contribution is -2.36. The van der Waals surface area contributed by atoms with E-state index in [4.69, 9.17) is 4.74 Å². The highest BCUT2D eigenvalue weighted by molar-refractivity contribution is 6.07. The first kappa shape index (κ1) is 12.5. The summed E-state index contributed by atoms with van der Waals surface area (Å²) in [6.45, 7) is 2.43. The van der Waals surface area contributed by atoms with E-state index >= 15 is 0 Å². The second-order valence-electron chi connectivity index (χ2n) is 3.65. The summed E-state index contributed by atoms with van der Waals surface area (Å²) in [4.78, 5) is 16.7. The summed E-state index contributed by atoms with van der Waals surface area (Å²) < 4.78 is 32.1. The molecule has 0 bridgehead atoms. The van der Waals surface area contributed by atoms with Gasteiger partial charge in [-0.2, -0.15) is 0 Å². The Morgan fingerprint density at radius 1 is 1.44 bits per heavy atom. The van der Waals surface area contributed by atoms with Crippen molar-refractivity contribution in [2.45, 2.75) is 6.92 Å². The van der Waals surface area contributed by atoms with Gasteiger partial charge in [0.15, 0.2) is 0 Å². The van der Waals surface area contributed by atoms with E-state index in [-0.39, 0.29) is 24.6 Å². The van der Waals surface area contributed by atoms with Gasteiger partial charge in [-0.05, 0) is 19.1 Å². The minimum Gasteiger partial charge on any atom is -0.449 e. The second-order valence-corrected chi connectivity index (χ2v) is 3.65. The Morgan fingerprint density at radius 3 is 2.72 bits per heavy atom. The van der Waals surface area contributed by atoms with Crippen molar-refractivity contribution in [3.8, 4) is 0 Å². The van der Waals surface area contributed by atoms with Crippen LogP contribution in [0.2, 0.25) is 0 Å². The van der Waals surface area contributed by atoms with E-state index in [2.05, 4.69) is 4.99 Å². The maximum atomic E-state index is 13.6. The van der Waals surface area contributed by atoms with Crippen LogP contribution in [-0.4, -0.2) is 36.5 Å². The lowest BCUT2D eigenvalue weighted by Gasteiger charge is -2.18. The number of hydrogen-bond donors (Lipinski definition) is 0. The van der Waals surface area contributed by atoms with Crippen molar-refractivity contribution in [1.29, 1.82) is 0 Å². The highest BCUT2D eigenvalue weighted by Crippen LogP contribution is 2.19. The Balaban J connectivity index is 2.35. The van der Waals surface area contributed by atoms with Crippen molar-refractivity contribution in [3.05, 3.63) is 35.4 Å². The molecular formula is C12H12F2N2O2. The average Bonchev–Trinajstić information content (AvgIpc) is 2.78. The van der Waals surface area contributed by atoms with Crippen LogP contribution in [0.4, 0.5) is 13.6 Å². The standard InChI is InChI=1S/C12H12F2N2O2/c1-2-18-12(17)16-7-6-15-11(16)10-8(13)4-3-5-9(10)14/h3-5H,2,6-7H2,1H3. The molecule has 96 valence electrons. The Morgan fingerprint density at radius 2 is 2.11 bits per heavy atom. The van der Waals surface area contributed by atoms with Crippen LogP contribution in [0.1, 0.15) is 12.5 Å². The number of carbonyl (C=O) groups excluding carboxylic acids is 1. The SMILES string of the molecule is CCOC(=O)N1CCN=C1c1c(F)cccc1F. The molecule has 2 rings (SSSR count). The van der Waals surface area contributed by atoms with Crippen molar-refractivity contribution in [2.75, 3.05) is 19.7 Å². The Kier molecular flexibility index (Phi) is 3.55. The summed E-state index contributed by atoms with van der Waals surface area (Å²) in [5.74, 6) is -1.50. The summed E-state index contributed by atoms with van der Waals surface area (Å²) in [5, 5.41) is 0. The Labute approximate surface area is 103 Å². The normalized spacial score (nSPS) is 14.6. The molecule has 0 unspecified atom stereocenters. The van der Waals surface area contributed by atoms with Crippen molar-refractivity contribution in [1.82, 2.24) is 4.90 Å². The van der Waals surface area contributed by atoms with Gasteiger partial charge >= 0.3 is 6.09 Å². The average molecular weight is 254 g/mol. The van der Waals surface area contributed by atoms with E-state index in [0.717, 1.165) is 17.0 Å². The quantitative estimate of drug-likeness (QED) is 0.811. The van der Waals surface area contributed by atoms with E-state index in [1.54, 1.807) is 6.92 Å². The first-order chi connectivity index (χ1) is 8.65. The number of amides is 1. The molecule has 4 nitrogen and oxygen atoms in total. The molecule has 0 fully saturated rings. The fourth-order valence-corrected chi connectivity index (χ4v) is 1.75. The van der Waals surface area contributed by atoms with Crippen molar-refractivity contribution in [2.24, 2.45) is 4.99 Å². The molecule has 0 aromatic heterocycles. The molecule has 0 saturated carbocycles.